The summed E-state index contributed by atoms with van der Waals surface area (Å²) in [6.07, 6.45) is 7.06. The fraction of sp³-hybridized carbons (Fsp3) is 0.190. The molecule has 1 N–H and O–H groups in total. The van der Waals surface area contributed by atoms with Crippen molar-refractivity contribution in [2.24, 2.45) is 0 Å². The van der Waals surface area contributed by atoms with Crippen LogP contribution in [-0.4, -0.2) is 27.9 Å². The van der Waals surface area contributed by atoms with Crippen LogP contribution in [0.1, 0.15) is 24.1 Å². The van der Waals surface area contributed by atoms with Crippen LogP contribution in [0.15, 0.2) is 73.3 Å². The monoisotopic (exact) mass is 346 g/mol. The molecule has 1 atom stereocenters. The van der Waals surface area contributed by atoms with Gasteiger partial charge >= 0.3 is 6.03 Å². The number of nitrogens with one attached hydrogen (secondary N) is 1. The Morgan fingerprint density at radius 3 is 2.38 bits per heavy atom. The van der Waals surface area contributed by atoms with Gasteiger partial charge in [-0.3, -0.25) is 9.97 Å². The van der Waals surface area contributed by atoms with Gasteiger partial charge in [-0.25, -0.2) is 4.79 Å². The smallest absolute Gasteiger partial charge is 0.317 e. The summed E-state index contributed by atoms with van der Waals surface area (Å²) in [6, 6.07) is 15.8. The SMILES string of the molecule is C[C@H](NC(=O)N(C)Cc1ccncc1)c1ccc(-c2cccnc2)cc1. The minimum Gasteiger partial charge on any atom is -0.331 e. The van der Waals surface area contributed by atoms with Crippen LogP contribution in [0, 0.1) is 0 Å². The van der Waals surface area contributed by atoms with Crippen molar-refractivity contribution in [1.29, 1.82) is 0 Å². The van der Waals surface area contributed by atoms with Gasteiger partial charge in [0.25, 0.3) is 0 Å². The molecule has 0 saturated carbocycles. The van der Waals surface area contributed by atoms with Crippen molar-refractivity contribution in [3.05, 3.63) is 84.4 Å². The molecule has 132 valence electrons. The molecule has 0 spiro atoms. The third kappa shape index (κ3) is 4.45. The Morgan fingerprint density at radius 2 is 1.73 bits per heavy atom. The van der Waals surface area contributed by atoms with Crippen LogP contribution in [0.5, 0.6) is 0 Å². The van der Waals surface area contributed by atoms with Crippen LogP contribution in [0.4, 0.5) is 4.79 Å². The van der Waals surface area contributed by atoms with Crippen LogP contribution in [0.2, 0.25) is 0 Å². The van der Waals surface area contributed by atoms with Crippen molar-refractivity contribution in [1.82, 2.24) is 20.2 Å². The van der Waals surface area contributed by atoms with Crippen molar-refractivity contribution in [2.75, 3.05) is 7.05 Å². The molecule has 3 aromatic rings. The molecule has 2 heterocycles. The molecular formula is C21H22N4O. The molecule has 5 nitrogen and oxygen atoms in total. The Labute approximate surface area is 153 Å². The lowest BCUT2D eigenvalue weighted by Crippen LogP contribution is -2.38. The number of rotatable bonds is 5. The average Bonchev–Trinajstić information content (AvgIpc) is 2.69. The summed E-state index contributed by atoms with van der Waals surface area (Å²) in [6.45, 7) is 2.53. The average molecular weight is 346 g/mol. The van der Waals surface area contributed by atoms with E-state index in [0.29, 0.717) is 6.54 Å². The highest BCUT2D eigenvalue weighted by Gasteiger charge is 2.13. The standard InChI is InChI=1S/C21H22N4O/c1-16(24-21(26)25(2)15-17-9-12-22-13-10-17)18-5-7-19(8-6-18)20-4-3-11-23-14-20/h3-14,16H,15H2,1-2H3,(H,24,26)/t16-/m0/s1. The molecule has 0 unspecified atom stereocenters. The summed E-state index contributed by atoms with van der Waals surface area (Å²) in [4.78, 5) is 22.2. The maximum atomic E-state index is 12.4. The number of aromatic nitrogens is 2. The number of urea groups is 1. The van der Waals surface area contributed by atoms with E-state index in [9.17, 15) is 4.79 Å². The highest BCUT2D eigenvalue weighted by Crippen LogP contribution is 2.21. The normalized spacial score (nSPS) is 11.6. The number of amides is 2. The van der Waals surface area contributed by atoms with E-state index in [0.717, 1.165) is 22.3 Å². The van der Waals surface area contributed by atoms with Gasteiger partial charge in [0.15, 0.2) is 0 Å². The van der Waals surface area contributed by atoms with E-state index in [2.05, 4.69) is 27.4 Å². The van der Waals surface area contributed by atoms with Crippen molar-refractivity contribution in [2.45, 2.75) is 19.5 Å². The van der Waals surface area contributed by atoms with E-state index in [1.807, 2.05) is 49.5 Å². The summed E-state index contributed by atoms with van der Waals surface area (Å²) in [5.41, 5.74) is 4.29. The van der Waals surface area contributed by atoms with Crippen molar-refractivity contribution >= 4 is 6.03 Å². The molecule has 5 heteroatoms. The van der Waals surface area contributed by atoms with Gasteiger partial charge in [0.2, 0.25) is 0 Å². The first-order valence-electron chi connectivity index (χ1n) is 8.54. The zero-order valence-electron chi connectivity index (χ0n) is 15.0. The lowest BCUT2D eigenvalue weighted by molar-refractivity contribution is 0.203. The van der Waals surface area contributed by atoms with Gasteiger partial charge in [-0.1, -0.05) is 30.3 Å². The second-order valence-corrected chi connectivity index (χ2v) is 6.25. The quantitative estimate of drug-likeness (QED) is 0.758. The number of nitrogens with zero attached hydrogens (tertiary/aromatic N) is 3. The van der Waals surface area contributed by atoms with E-state index >= 15 is 0 Å². The Balaban J connectivity index is 1.60. The number of benzene rings is 1. The van der Waals surface area contributed by atoms with E-state index in [4.69, 9.17) is 0 Å². The molecule has 0 fully saturated rings. The fourth-order valence-corrected chi connectivity index (χ4v) is 2.71. The van der Waals surface area contributed by atoms with Crippen LogP contribution in [-0.2, 0) is 6.54 Å². The number of carbonyl (C=O) groups is 1. The third-order valence-electron chi connectivity index (χ3n) is 4.26. The first kappa shape index (κ1) is 17.6. The number of hydrogen-bond acceptors (Lipinski definition) is 3. The maximum absolute atomic E-state index is 12.4. The largest absolute Gasteiger partial charge is 0.331 e. The molecule has 2 aromatic heterocycles. The second kappa shape index (κ2) is 8.25. The molecule has 2 amide bonds. The van der Waals surface area contributed by atoms with E-state index in [-0.39, 0.29) is 12.1 Å². The van der Waals surface area contributed by atoms with Gasteiger partial charge in [-0.05, 0) is 47.4 Å². The number of carbonyl (C=O) groups excluding carboxylic acids is 1. The minimum atomic E-state index is -0.106. The van der Waals surface area contributed by atoms with Crippen LogP contribution in [0.3, 0.4) is 0 Å². The molecule has 26 heavy (non-hydrogen) atoms. The van der Waals surface area contributed by atoms with Gasteiger partial charge in [0, 0.05) is 38.4 Å². The van der Waals surface area contributed by atoms with Crippen LogP contribution in [0.25, 0.3) is 11.1 Å². The second-order valence-electron chi connectivity index (χ2n) is 6.25. The van der Waals surface area contributed by atoms with E-state index < -0.39 is 0 Å². The van der Waals surface area contributed by atoms with E-state index in [1.54, 1.807) is 30.5 Å². The Bertz CT molecular complexity index is 835. The zero-order valence-corrected chi connectivity index (χ0v) is 15.0. The first-order valence-corrected chi connectivity index (χ1v) is 8.54. The molecule has 0 aliphatic rings. The van der Waals surface area contributed by atoms with E-state index in [1.165, 1.54) is 0 Å². The molecule has 0 saturated heterocycles. The summed E-state index contributed by atoms with van der Waals surface area (Å²) in [5, 5.41) is 3.03. The first-order chi connectivity index (χ1) is 12.6. The topological polar surface area (TPSA) is 58.1 Å². The number of pyridine rings is 2. The molecule has 1 aromatic carbocycles. The lowest BCUT2D eigenvalue weighted by atomic mass is 10.0. The molecule has 0 bridgehead atoms. The lowest BCUT2D eigenvalue weighted by Gasteiger charge is -2.22. The highest BCUT2D eigenvalue weighted by molar-refractivity contribution is 5.74. The Kier molecular flexibility index (Phi) is 5.59. The van der Waals surface area contributed by atoms with Gasteiger partial charge in [-0.15, -0.1) is 0 Å². The van der Waals surface area contributed by atoms with Gasteiger partial charge in [0.1, 0.15) is 0 Å². The predicted octanol–water partition coefficient (Wildman–Crippen LogP) is 4.05. The summed E-state index contributed by atoms with van der Waals surface area (Å²) >= 11 is 0. The van der Waals surface area contributed by atoms with Gasteiger partial charge in [0.05, 0.1) is 6.04 Å². The summed E-state index contributed by atoms with van der Waals surface area (Å²) < 4.78 is 0. The maximum Gasteiger partial charge on any atom is 0.317 e. The minimum absolute atomic E-state index is 0.0784. The van der Waals surface area contributed by atoms with Crippen LogP contribution < -0.4 is 5.32 Å². The summed E-state index contributed by atoms with van der Waals surface area (Å²) in [7, 11) is 1.79. The molecule has 0 aliphatic heterocycles. The Morgan fingerprint density at radius 1 is 1.00 bits per heavy atom. The summed E-state index contributed by atoms with van der Waals surface area (Å²) in [5.74, 6) is 0. The molecular weight excluding hydrogens is 324 g/mol. The fourth-order valence-electron chi connectivity index (χ4n) is 2.71. The van der Waals surface area contributed by atoms with Crippen LogP contribution >= 0.6 is 0 Å². The molecule has 0 aliphatic carbocycles. The van der Waals surface area contributed by atoms with Gasteiger partial charge in [-0.2, -0.15) is 0 Å². The third-order valence-corrected chi connectivity index (χ3v) is 4.26. The predicted molar refractivity (Wildman–Crippen MR) is 102 cm³/mol. The van der Waals surface area contributed by atoms with Crippen molar-refractivity contribution in [3.63, 3.8) is 0 Å². The van der Waals surface area contributed by atoms with Gasteiger partial charge < -0.3 is 10.2 Å². The van der Waals surface area contributed by atoms with Crippen molar-refractivity contribution < 1.29 is 4.79 Å². The molecule has 3 rings (SSSR count). The Hall–Kier alpha value is -3.21. The number of hydrogen-bond donors (Lipinski definition) is 1. The van der Waals surface area contributed by atoms with Crippen molar-refractivity contribution in [3.8, 4) is 11.1 Å². The molecule has 0 radical (unpaired) electrons. The zero-order chi connectivity index (χ0) is 18.4. The highest BCUT2D eigenvalue weighted by atomic mass is 16.2.